The van der Waals surface area contributed by atoms with Crippen molar-refractivity contribution in [3.8, 4) is 0 Å². The van der Waals surface area contributed by atoms with E-state index in [0.29, 0.717) is 6.07 Å². The number of carbonyl (C=O) groups excluding carboxylic acids is 1. The number of alkyl halides is 6. The topological polar surface area (TPSA) is 61.4 Å². The largest absolute Gasteiger partial charge is 0.437 e. The van der Waals surface area contributed by atoms with Crippen molar-refractivity contribution in [3.05, 3.63) is 57.8 Å². The predicted octanol–water partition coefficient (Wildman–Crippen LogP) is 4.04. The lowest BCUT2D eigenvalue weighted by Crippen LogP contribution is -2.72. The SMILES string of the molecule is O=C(c1cccs1)[C@@H]1[C@@H](c2ccccc2C(F)(F)F)NC(=S)N[C@]1(O)C(F)(F)F. The van der Waals surface area contributed by atoms with Crippen molar-refractivity contribution in [2.75, 3.05) is 0 Å². The standard InChI is InChI=1S/C17H12F6N2O2S2/c18-16(19,20)9-5-2-1-4-8(9)12-11(13(26)10-6-3-7-29-10)15(27,17(21,22)23)25-14(28)24-12/h1-7,11-12,27H,(H2,24,25,28)/t11-,12+,15+/m0/s1. The maximum atomic E-state index is 13.8. The Bertz CT molecular complexity index is 929. The fourth-order valence-electron chi connectivity index (χ4n) is 3.20. The number of nitrogens with one attached hydrogen (secondary N) is 2. The summed E-state index contributed by atoms with van der Waals surface area (Å²) in [5, 5.41) is 15.1. The van der Waals surface area contributed by atoms with E-state index >= 15 is 0 Å². The number of hydrogen-bond donors (Lipinski definition) is 3. The summed E-state index contributed by atoms with van der Waals surface area (Å²) in [7, 11) is 0. The van der Waals surface area contributed by atoms with Gasteiger partial charge in [0.15, 0.2) is 10.9 Å². The first-order chi connectivity index (χ1) is 13.4. The molecule has 1 aliphatic heterocycles. The van der Waals surface area contributed by atoms with Gasteiger partial charge in [-0.2, -0.15) is 26.3 Å². The van der Waals surface area contributed by atoms with Crippen molar-refractivity contribution >= 4 is 34.5 Å². The molecule has 3 atom stereocenters. The highest BCUT2D eigenvalue weighted by Gasteiger charge is 2.66. The van der Waals surface area contributed by atoms with Crippen LogP contribution in [-0.4, -0.2) is 27.9 Å². The molecule has 1 aromatic carbocycles. The number of aliphatic hydroxyl groups is 1. The number of benzene rings is 1. The molecule has 0 unspecified atom stereocenters. The van der Waals surface area contributed by atoms with Crippen molar-refractivity contribution in [2.45, 2.75) is 24.1 Å². The summed E-state index contributed by atoms with van der Waals surface area (Å²) < 4.78 is 81.9. The van der Waals surface area contributed by atoms with E-state index in [1.807, 2.05) is 0 Å². The van der Waals surface area contributed by atoms with Crippen LogP contribution in [0.5, 0.6) is 0 Å². The van der Waals surface area contributed by atoms with Crippen molar-refractivity contribution in [1.29, 1.82) is 0 Å². The zero-order chi connectivity index (χ0) is 21.6. The Hall–Kier alpha value is -2.18. The number of carbonyl (C=O) groups is 1. The van der Waals surface area contributed by atoms with Crippen LogP contribution < -0.4 is 10.6 Å². The number of Topliss-reactive ketones (excluding diaryl/α,β-unsaturated/α-hetero) is 1. The highest BCUT2D eigenvalue weighted by atomic mass is 32.1. The highest BCUT2D eigenvalue weighted by Crippen LogP contribution is 2.46. The van der Waals surface area contributed by atoms with Gasteiger partial charge in [-0.15, -0.1) is 11.3 Å². The number of hydrogen-bond acceptors (Lipinski definition) is 4. The Kier molecular flexibility index (Phi) is 5.39. The van der Waals surface area contributed by atoms with Gasteiger partial charge in [0.05, 0.1) is 16.5 Å². The van der Waals surface area contributed by atoms with E-state index in [-0.39, 0.29) is 4.88 Å². The fraction of sp³-hybridized carbons (Fsp3) is 0.294. The lowest BCUT2D eigenvalue weighted by molar-refractivity contribution is -0.285. The smallest absolute Gasteiger partial charge is 0.363 e. The molecular formula is C17H12F6N2O2S2. The normalized spacial score (nSPS) is 25.3. The van der Waals surface area contributed by atoms with Crippen LogP contribution in [0.2, 0.25) is 0 Å². The molecule has 0 amide bonds. The molecule has 12 heteroatoms. The summed E-state index contributed by atoms with van der Waals surface area (Å²) in [6, 6.07) is 4.62. The molecule has 1 fully saturated rings. The molecule has 1 aliphatic rings. The highest BCUT2D eigenvalue weighted by molar-refractivity contribution is 7.80. The molecule has 3 N–H and O–H groups in total. The Morgan fingerprint density at radius 2 is 1.76 bits per heavy atom. The monoisotopic (exact) mass is 454 g/mol. The van der Waals surface area contributed by atoms with E-state index in [1.165, 1.54) is 23.6 Å². The Morgan fingerprint density at radius 1 is 1.10 bits per heavy atom. The zero-order valence-electron chi connectivity index (χ0n) is 14.1. The van der Waals surface area contributed by atoms with E-state index in [9.17, 15) is 36.2 Å². The second-order valence-electron chi connectivity index (χ2n) is 6.24. The van der Waals surface area contributed by atoms with Gasteiger partial charge in [-0.25, -0.2) is 0 Å². The van der Waals surface area contributed by atoms with Gasteiger partial charge in [-0.05, 0) is 35.3 Å². The van der Waals surface area contributed by atoms with E-state index in [0.717, 1.165) is 23.5 Å². The molecule has 2 heterocycles. The molecular weight excluding hydrogens is 442 g/mol. The summed E-state index contributed by atoms with van der Waals surface area (Å²) in [6.07, 6.45) is -10.3. The van der Waals surface area contributed by atoms with Crippen LogP contribution in [0.15, 0.2) is 41.8 Å². The second-order valence-corrected chi connectivity index (χ2v) is 7.60. The minimum Gasteiger partial charge on any atom is -0.363 e. The average molecular weight is 454 g/mol. The Morgan fingerprint density at radius 3 is 2.31 bits per heavy atom. The molecule has 29 heavy (non-hydrogen) atoms. The first kappa shape index (κ1) is 21.5. The lowest BCUT2D eigenvalue weighted by atomic mass is 9.77. The molecule has 1 saturated heterocycles. The average Bonchev–Trinajstić information content (AvgIpc) is 3.13. The van der Waals surface area contributed by atoms with E-state index < -0.39 is 52.1 Å². The quantitative estimate of drug-likeness (QED) is 0.371. The molecule has 1 aromatic heterocycles. The first-order valence-corrected chi connectivity index (χ1v) is 9.26. The van der Waals surface area contributed by atoms with E-state index in [2.05, 4.69) is 5.32 Å². The van der Waals surface area contributed by atoms with Gasteiger partial charge < -0.3 is 15.7 Å². The fourth-order valence-corrected chi connectivity index (χ4v) is 4.18. The van der Waals surface area contributed by atoms with Gasteiger partial charge in [0.2, 0.25) is 5.72 Å². The number of thiophene rings is 1. The van der Waals surface area contributed by atoms with Gasteiger partial charge in [-0.1, -0.05) is 24.3 Å². The van der Waals surface area contributed by atoms with Crippen LogP contribution >= 0.6 is 23.6 Å². The van der Waals surface area contributed by atoms with Crippen LogP contribution in [0.3, 0.4) is 0 Å². The maximum absolute atomic E-state index is 13.8. The second kappa shape index (κ2) is 7.26. The number of thiocarbonyl (C=S) groups is 1. The summed E-state index contributed by atoms with van der Waals surface area (Å²) in [6.45, 7) is 0. The molecule has 3 rings (SSSR count). The van der Waals surface area contributed by atoms with E-state index in [4.69, 9.17) is 12.2 Å². The maximum Gasteiger partial charge on any atom is 0.437 e. The van der Waals surface area contributed by atoms with Crippen LogP contribution in [0.1, 0.15) is 26.8 Å². The van der Waals surface area contributed by atoms with Gasteiger partial charge in [0, 0.05) is 0 Å². The summed E-state index contributed by atoms with van der Waals surface area (Å²) in [5.74, 6) is -3.55. The third-order valence-corrected chi connectivity index (χ3v) is 5.56. The summed E-state index contributed by atoms with van der Waals surface area (Å²) in [4.78, 5) is 12.8. The Balaban J connectivity index is 2.24. The van der Waals surface area contributed by atoms with Crippen molar-refractivity contribution < 1.29 is 36.2 Å². The minimum atomic E-state index is -5.41. The third-order valence-electron chi connectivity index (χ3n) is 4.45. The van der Waals surface area contributed by atoms with E-state index in [1.54, 1.807) is 5.32 Å². The molecule has 0 bridgehead atoms. The molecule has 156 valence electrons. The minimum absolute atomic E-state index is 0.149. The van der Waals surface area contributed by atoms with Crippen LogP contribution in [-0.2, 0) is 6.18 Å². The summed E-state index contributed by atoms with van der Waals surface area (Å²) in [5.41, 5.74) is -5.75. The predicted molar refractivity (Wildman–Crippen MR) is 96.2 cm³/mol. The van der Waals surface area contributed by atoms with Gasteiger partial charge in [-0.3, -0.25) is 4.79 Å². The van der Waals surface area contributed by atoms with Crippen molar-refractivity contribution in [3.63, 3.8) is 0 Å². The summed E-state index contributed by atoms with van der Waals surface area (Å²) >= 11 is 5.51. The van der Waals surface area contributed by atoms with Gasteiger partial charge >= 0.3 is 12.4 Å². The molecule has 2 aromatic rings. The van der Waals surface area contributed by atoms with Crippen LogP contribution in [0.4, 0.5) is 26.3 Å². The van der Waals surface area contributed by atoms with Gasteiger partial charge in [0.1, 0.15) is 5.92 Å². The third kappa shape index (κ3) is 3.83. The first-order valence-electron chi connectivity index (χ1n) is 7.98. The molecule has 0 aliphatic carbocycles. The van der Waals surface area contributed by atoms with Gasteiger partial charge in [0.25, 0.3) is 0 Å². The van der Waals surface area contributed by atoms with Crippen LogP contribution in [0, 0.1) is 5.92 Å². The molecule has 0 saturated carbocycles. The van der Waals surface area contributed by atoms with Crippen molar-refractivity contribution in [1.82, 2.24) is 10.6 Å². The Labute approximate surface area is 169 Å². The van der Waals surface area contributed by atoms with Crippen LogP contribution in [0.25, 0.3) is 0 Å². The molecule has 0 radical (unpaired) electrons. The lowest BCUT2D eigenvalue weighted by Gasteiger charge is -2.46. The zero-order valence-corrected chi connectivity index (χ0v) is 15.8. The molecule has 4 nitrogen and oxygen atoms in total. The molecule has 0 spiro atoms. The number of ketones is 1. The number of halogens is 6. The van der Waals surface area contributed by atoms with Crippen molar-refractivity contribution in [2.24, 2.45) is 5.92 Å². The number of rotatable bonds is 3.